The molecule has 1 fully saturated rings. The van der Waals surface area contributed by atoms with Crippen molar-refractivity contribution < 1.29 is 38.9 Å². The van der Waals surface area contributed by atoms with Gasteiger partial charge in [-0.3, -0.25) is 4.79 Å². The van der Waals surface area contributed by atoms with Crippen molar-refractivity contribution in [3.05, 3.63) is 36.6 Å². The van der Waals surface area contributed by atoms with Gasteiger partial charge in [-0.1, -0.05) is 25.3 Å². The first-order valence-electron chi connectivity index (χ1n) is 10.1. The van der Waals surface area contributed by atoms with Crippen LogP contribution in [0.2, 0.25) is 0 Å². The number of nitrogens with zero attached hydrogens (tertiary/aromatic N) is 2. The molecule has 0 radical (unpaired) electrons. The van der Waals surface area contributed by atoms with E-state index in [-0.39, 0.29) is 38.4 Å². The Morgan fingerprint density at radius 1 is 1.28 bits per heavy atom. The standard InChI is InChI=1S/C21H29N3O8/c1-5-7-31-20(29)22-10-13(11-23(4)21(30)32-8-6-2)14-9-15-16(12(3)25)18(26)24(15)17(14)19(27)28/h5-6,12-13,15-16,25H,1-2,7-11H2,3-4H3,(H,22,29)(H,27,28)/t12-,13+,15-,16-/m1/s1. The van der Waals surface area contributed by atoms with Crippen molar-refractivity contribution in [1.82, 2.24) is 15.1 Å². The smallest absolute Gasteiger partial charge is 0.409 e. The molecule has 3 amide bonds. The molecule has 0 aliphatic carbocycles. The monoisotopic (exact) mass is 451 g/mol. The molecule has 2 heterocycles. The van der Waals surface area contributed by atoms with Crippen molar-refractivity contribution in [2.45, 2.75) is 25.5 Å². The highest BCUT2D eigenvalue weighted by Crippen LogP contribution is 2.45. The summed E-state index contributed by atoms with van der Waals surface area (Å²) in [6.07, 6.45) is 0.696. The molecular weight excluding hydrogens is 422 g/mol. The van der Waals surface area contributed by atoms with Crippen molar-refractivity contribution in [2.75, 3.05) is 33.4 Å². The van der Waals surface area contributed by atoms with Crippen LogP contribution in [0.3, 0.4) is 0 Å². The third-order valence-corrected chi connectivity index (χ3v) is 5.41. The summed E-state index contributed by atoms with van der Waals surface area (Å²) in [6, 6.07) is -0.489. The molecule has 0 unspecified atom stereocenters. The van der Waals surface area contributed by atoms with Crippen LogP contribution >= 0.6 is 0 Å². The molecule has 2 aliphatic heterocycles. The third-order valence-electron chi connectivity index (χ3n) is 5.41. The van der Waals surface area contributed by atoms with Gasteiger partial charge in [-0.25, -0.2) is 14.4 Å². The summed E-state index contributed by atoms with van der Waals surface area (Å²) < 4.78 is 9.90. The van der Waals surface area contributed by atoms with Crippen molar-refractivity contribution in [3.63, 3.8) is 0 Å². The SMILES string of the molecule is C=CCOC(=O)NC[C@@H](CN(C)C(=O)OCC=C)C1=C(C(=O)O)N2C(=O)[C@H]([C@@H](C)O)[C@H]2C1. The Balaban J connectivity index is 2.28. The molecule has 0 saturated carbocycles. The van der Waals surface area contributed by atoms with E-state index in [9.17, 15) is 29.4 Å². The predicted molar refractivity (Wildman–Crippen MR) is 112 cm³/mol. The summed E-state index contributed by atoms with van der Waals surface area (Å²) >= 11 is 0. The van der Waals surface area contributed by atoms with Crippen LogP contribution in [0.4, 0.5) is 9.59 Å². The van der Waals surface area contributed by atoms with Gasteiger partial charge in [0.15, 0.2) is 0 Å². The van der Waals surface area contributed by atoms with Crippen LogP contribution in [-0.4, -0.2) is 89.6 Å². The van der Waals surface area contributed by atoms with Crippen LogP contribution in [0.15, 0.2) is 36.6 Å². The Bertz CT molecular complexity index is 822. The summed E-state index contributed by atoms with van der Waals surface area (Å²) in [5, 5.41) is 22.3. The minimum atomic E-state index is -1.30. The van der Waals surface area contributed by atoms with Crippen molar-refractivity contribution >= 4 is 24.1 Å². The normalized spacial score (nSPS) is 21.1. The lowest BCUT2D eigenvalue weighted by Crippen LogP contribution is -2.61. The number of aliphatic carboxylic acids is 1. The van der Waals surface area contributed by atoms with Crippen LogP contribution in [0.5, 0.6) is 0 Å². The van der Waals surface area contributed by atoms with Gasteiger partial charge in [0, 0.05) is 26.1 Å². The second-order valence-corrected chi connectivity index (χ2v) is 7.64. The van der Waals surface area contributed by atoms with E-state index in [1.165, 1.54) is 35.9 Å². The van der Waals surface area contributed by atoms with Crippen molar-refractivity contribution in [1.29, 1.82) is 0 Å². The topological polar surface area (TPSA) is 146 Å². The zero-order valence-electron chi connectivity index (χ0n) is 18.2. The van der Waals surface area contributed by atoms with Gasteiger partial charge < -0.3 is 34.8 Å². The molecule has 11 heteroatoms. The summed E-state index contributed by atoms with van der Waals surface area (Å²) in [5.74, 6) is -3.11. The number of ether oxygens (including phenoxy) is 2. The van der Waals surface area contributed by atoms with Gasteiger partial charge in [0.25, 0.3) is 0 Å². The van der Waals surface area contributed by atoms with Gasteiger partial charge in [-0.05, 0) is 18.9 Å². The second kappa shape index (κ2) is 10.8. The Morgan fingerprint density at radius 3 is 2.47 bits per heavy atom. The molecule has 3 N–H and O–H groups in total. The molecule has 176 valence electrons. The molecule has 2 aliphatic rings. The van der Waals surface area contributed by atoms with Crippen LogP contribution in [-0.2, 0) is 19.1 Å². The maximum atomic E-state index is 12.5. The third kappa shape index (κ3) is 5.28. The lowest BCUT2D eigenvalue weighted by molar-refractivity contribution is -0.161. The molecule has 11 nitrogen and oxygen atoms in total. The second-order valence-electron chi connectivity index (χ2n) is 7.64. The Hall–Kier alpha value is -3.34. The average Bonchev–Trinajstić information content (AvgIpc) is 3.07. The van der Waals surface area contributed by atoms with Gasteiger partial charge >= 0.3 is 18.2 Å². The number of aliphatic hydroxyl groups is 1. The first kappa shape index (κ1) is 24.9. The van der Waals surface area contributed by atoms with E-state index >= 15 is 0 Å². The number of hydrogen-bond donors (Lipinski definition) is 3. The summed E-state index contributed by atoms with van der Waals surface area (Å²) in [6.45, 7) is 8.38. The van der Waals surface area contributed by atoms with E-state index in [2.05, 4.69) is 18.5 Å². The lowest BCUT2D eigenvalue weighted by Gasteiger charge is -2.44. The molecular formula is C21H29N3O8. The molecule has 4 atom stereocenters. The average molecular weight is 451 g/mol. The van der Waals surface area contributed by atoms with Crippen LogP contribution in [0.1, 0.15) is 13.3 Å². The largest absolute Gasteiger partial charge is 0.477 e. The number of rotatable bonds is 11. The van der Waals surface area contributed by atoms with Gasteiger partial charge in [0.1, 0.15) is 18.9 Å². The highest BCUT2D eigenvalue weighted by Gasteiger charge is 2.57. The van der Waals surface area contributed by atoms with Crippen molar-refractivity contribution in [2.24, 2.45) is 11.8 Å². The van der Waals surface area contributed by atoms with E-state index in [0.717, 1.165) is 0 Å². The minimum absolute atomic E-state index is 0.00344. The summed E-state index contributed by atoms with van der Waals surface area (Å²) in [5.41, 5.74) is 0.211. The molecule has 0 aromatic carbocycles. The van der Waals surface area contributed by atoms with Gasteiger partial charge in [-0.15, -0.1) is 0 Å². The fourth-order valence-corrected chi connectivity index (χ4v) is 4.00. The Kier molecular flexibility index (Phi) is 8.41. The molecule has 1 saturated heterocycles. The number of nitrogens with one attached hydrogen (secondary N) is 1. The highest BCUT2D eigenvalue weighted by molar-refractivity contribution is 5.99. The number of fused-ring (bicyclic) bond motifs is 1. The number of carboxylic acid groups (broad SMARTS) is 1. The number of carbonyl (C=O) groups is 4. The molecule has 2 rings (SSSR count). The number of β-lactam (4-membered cyclic amide) rings is 1. The van der Waals surface area contributed by atoms with Gasteiger partial charge in [0.2, 0.25) is 5.91 Å². The molecule has 0 aromatic rings. The molecule has 0 aromatic heterocycles. The fourth-order valence-electron chi connectivity index (χ4n) is 4.00. The maximum Gasteiger partial charge on any atom is 0.409 e. The molecule has 0 bridgehead atoms. The highest BCUT2D eigenvalue weighted by atomic mass is 16.6. The number of hydrogen-bond acceptors (Lipinski definition) is 7. The van der Waals surface area contributed by atoms with Crippen LogP contribution < -0.4 is 5.32 Å². The summed E-state index contributed by atoms with van der Waals surface area (Å²) in [7, 11) is 1.48. The number of carboxylic acids is 1. The first-order valence-corrected chi connectivity index (χ1v) is 10.1. The van der Waals surface area contributed by atoms with E-state index < -0.39 is 48.0 Å². The number of alkyl carbamates (subject to hydrolysis) is 1. The quantitative estimate of drug-likeness (QED) is 0.308. The fraction of sp³-hybridized carbons (Fsp3) is 0.524. The zero-order valence-corrected chi connectivity index (χ0v) is 18.2. The Morgan fingerprint density at radius 2 is 1.91 bits per heavy atom. The molecule has 0 spiro atoms. The summed E-state index contributed by atoms with van der Waals surface area (Å²) in [4.78, 5) is 51.0. The number of carbonyl (C=O) groups excluding carboxylic acids is 3. The van der Waals surface area contributed by atoms with Crippen LogP contribution in [0.25, 0.3) is 0 Å². The zero-order chi connectivity index (χ0) is 24.0. The lowest BCUT2D eigenvalue weighted by atomic mass is 9.82. The Labute approximate surface area is 185 Å². The van der Waals surface area contributed by atoms with E-state index in [1.807, 2.05) is 0 Å². The maximum absolute atomic E-state index is 12.5. The predicted octanol–water partition coefficient (Wildman–Crippen LogP) is 0.719. The van der Waals surface area contributed by atoms with Crippen LogP contribution in [0, 0.1) is 11.8 Å². The van der Waals surface area contributed by atoms with Crippen molar-refractivity contribution in [3.8, 4) is 0 Å². The number of aliphatic hydroxyl groups excluding tert-OH is 1. The van der Waals surface area contributed by atoms with E-state index in [0.29, 0.717) is 5.57 Å². The van der Waals surface area contributed by atoms with Gasteiger partial charge in [0.05, 0.1) is 18.1 Å². The molecule has 32 heavy (non-hydrogen) atoms. The first-order chi connectivity index (χ1) is 15.1. The van der Waals surface area contributed by atoms with E-state index in [1.54, 1.807) is 0 Å². The van der Waals surface area contributed by atoms with Gasteiger partial charge in [-0.2, -0.15) is 0 Å². The minimum Gasteiger partial charge on any atom is -0.477 e. The number of amides is 3. The van der Waals surface area contributed by atoms with E-state index in [4.69, 9.17) is 9.47 Å².